The van der Waals surface area contributed by atoms with E-state index in [9.17, 15) is 0 Å². The molecular weight excluding hydrogens is 300 g/mol. The molecular formula is C20H28N2S. The van der Waals surface area contributed by atoms with Crippen LogP contribution >= 0.6 is 11.3 Å². The van der Waals surface area contributed by atoms with Gasteiger partial charge in [0.15, 0.2) is 0 Å². The van der Waals surface area contributed by atoms with Gasteiger partial charge in [0.05, 0.1) is 6.54 Å². The van der Waals surface area contributed by atoms with Crippen LogP contribution in [0.2, 0.25) is 0 Å². The van der Waals surface area contributed by atoms with Crippen molar-refractivity contribution < 1.29 is 0 Å². The molecule has 1 N–H and O–H groups in total. The van der Waals surface area contributed by atoms with E-state index in [1.807, 2.05) is 18.5 Å². The van der Waals surface area contributed by atoms with E-state index in [0.29, 0.717) is 5.71 Å². The summed E-state index contributed by atoms with van der Waals surface area (Å²) in [4.78, 5) is 3.40. The van der Waals surface area contributed by atoms with Crippen molar-refractivity contribution >= 4 is 17.0 Å². The molecule has 1 aromatic rings. The van der Waals surface area contributed by atoms with E-state index in [2.05, 4.69) is 62.6 Å². The van der Waals surface area contributed by atoms with E-state index in [0.717, 1.165) is 30.6 Å². The summed E-state index contributed by atoms with van der Waals surface area (Å²) >= 11 is 1.70. The zero-order chi connectivity index (χ0) is 17.2. The van der Waals surface area contributed by atoms with Gasteiger partial charge in [-0.15, -0.1) is 11.3 Å². The molecule has 0 saturated heterocycles. The fraction of sp³-hybridized carbons (Fsp3) is 0.350. The predicted molar refractivity (Wildman–Crippen MR) is 104 cm³/mol. The zero-order valence-corrected chi connectivity index (χ0v) is 15.5. The van der Waals surface area contributed by atoms with Crippen LogP contribution in [0, 0.1) is 5.41 Å². The number of thiophene rings is 1. The molecule has 2 nitrogen and oxygen atoms in total. The average molecular weight is 329 g/mol. The lowest BCUT2D eigenvalue weighted by molar-refractivity contribution is 0.472. The predicted octanol–water partition coefficient (Wildman–Crippen LogP) is 6.29. The minimum atomic E-state index is 0.612. The molecule has 0 aromatic carbocycles. The fourth-order valence-corrected chi connectivity index (χ4v) is 3.03. The number of allylic oxidation sites excluding steroid dienone is 5. The largest absolute Gasteiger partial charge is 0.343 e. The van der Waals surface area contributed by atoms with Gasteiger partial charge in [-0.1, -0.05) is 38.2 Å². The molecule has 1 aromatic heterocycles. The lowest BCUT2D eigenvalue weighted by atomic mass is 10.1. The highest BCUT2D eigenvalue weighted by Gasteiger charge is 2.10. The number of unbranched alkanes of at least 4 members (excludes halogenated alkanes) is 1. The molecule has 23 heavy (non-hydrogen) atoms. The molecule has 1 rings (SSSR count). The Bertz CT molecular complexity index is 617. The summed E-state index contributed by atoms with van der Waals surface area (Å²) in [6.07, 6.45) is 12.7. The quantitative estimate of drug-likeness (QED) is 0.418. The number of rotatable bonds is 9. The highest BCUT2D eigenvalue weighted by molar-refractivity contribution is 7.10. The van der Waals surface area contributed by atoms with Crippen molar-refractivity contribution in [2.24, 2.45) is 0 Å². The van der Waals surface area contributed by atoms with Gasteiger partial charge in [0.25, 0.3) is 0 Å². The third-order valence-corrected chi connectivity index (χ3v) is 4.55. The monoisotopic (exact) mass is 328 g/mol. The Balaban J connectivity index is 3.00. The summed E-state index contributed by atoms with van der Waals surface area (Å²) in [5, 5.41) is 9.78. The number of hydrogen-bond acceptors (Lipinski definition) is 3. The van der Waals surface area contributed by atoms with Gasteiger partial charge >= 0.3 is 0 Å². The molecule has 0 aliphatic heterocycles. The zero-order valence-electron chi connectivity index (χ0n) is 14.7. The molecule has 0 fully saturated rings. The molecule has 0 spiro atoms. The van der Waals surface area contributed by atoms with Crippen LogP contribution in [0.3, 0.4) is 0 Å². The van der Waals surface area contributed by atoms with Gasteiger partial charge < -0.3 is 10.3 Å². The van der Waals surface area contributed by atoms with Crippen LogP contribution in [0.25, 0.3) is 0 Å². The first-order valence-corrected chi connectivity index (χ1v) is 8.93. The Labute approximate surface area is 145 Å². The molecule has 0 amide bonds. The van der Waals surface area contributed by atoms with Gasteiger partial charge in [-0.25, -0.2) is 0 Å². The van der Waals surface area contributed by atoms with Crippen molar-refractivity contribution in [3.63, 3.8) is 0 Å². The van der Waals surface area contributed by atoms with E-state index >= 15 is 0 Å². The van der Waals surface area contributed by atoms with Crippen LogP contribution in [-0.2, 0) is 6.54 Å². The second-order valence-electron chi connectivity index (χ2n) is 5.48. The maximum atomic E-state index is 7.73. The van der Waals surface area contributed by atoms with Crippen molar-refractivity contribution in [1.29, 1.82) is 5.41 Å². The summed E-state index contributed by atoms with van der Waals surface area (Å²) < 4.78 is 0. The highest BCUT2D eigenvalue weighted by Crippen LogP contribution is 2.23. The summed E-state index contributed by atoms with van der Waals surface area (Å²) in [7, 11) is 0. The Hall–Kier alpha value is -1.87. The van der Waals surface area contributed by atoms with Crippen LogP contribution in [0.4, 0.5) is 0 Å². The van der Waals surface area contributed by atoms with Gasteiger partial charge in [0, 0.05) is 27.2 Å². The molecule has 0 bridgehead atoms. The van der Waals surface area contributed by atoms with Crippen molar-refractivity contribution in [3.8, 4) is 0 Å². The Morgan fingerprint density at radius 1 is 1.39 bits per heavy atom. The van der Waals surface area contributed by atoms with Crippen molar-refractivity contribution in [3.05, 3.63) is 70.2 Å². The van der Waals surface area contributed by atoms with Gasteiger partial charge in [0.1, 0.15) is 0 Å². The van der Waals surface area contributed by atoms with Crippen LogP contribution < -0.4 is 0 Å². The van der Waals surface area contributed by atoms with E-state index in [4.69, 9.17) is 5.41 Å². The van der Waals surface area contributed by atoms with Gasteiger partial charge in [-0.05, 0) is 51.1 Å². The first kappa shape index (κ1) is 19.2. The topological polar surface area (TPSA) is 27.1 Å². The maximum absolute atomic E-state index is 7.73. The van der Waals surface area contributed by atoms with Crippen LogP contribution in [0.5, 0.6) is 0 Å². The minimum Gasteiger partial charge on any atom is -0.343 e. The van der Waals surface area contributed by atoms with E-state index < -0.39 is 0 Å². The molecule has 0 unspecified atom stereocenters. The third-order valence-electron chi connectivity index (χ3n) is 3.63. The van der Waals surface area contributed by atoms with E-state index in [1.165, 1.54) is 10.5 Å². The lowest BCUT2D eigenvalue weighted by Gasteiger charge is -2.23. The summed E-state index contributed by atoms with van der Waals surface area (Å²) in [6, 6.07) is 2.10. The normalized spacial score (nSPS) is 12.7. The molecule has 0 aliphatic rings. The molecule has 1 heterocycles. The molecule has 0 atom stereocenters. The van der Waals surface area contributed by atoms with Crippen LogP contribution in [0.15, 0.2) is 59.8 Å². The molecule has 0 saturated carbocycles. The van der Waals surface area contributed by atoms with Crippen molar-refractivity contribution in [2.45, 2.75) is 47.1 Å². The second kappa shape index (κ2) is 10.0. The number of hydrogen-bond donors (Lipinski definition) is 1. The van der Waals surface area contributed by atoms with E-state index in [1.54, 1.807) is 11.3 Å². The highest BCUT2D eigenvalue weighted by atomic mass is 32.1. The first-order valence-electron chi connectivity index (χ1n) is 8.05. The lowest BCUT2D eigenvalue weighted by Crippen LogP contribution is -2.16. The first-order chi connectivity index (χ1) is 11.0. The molecule has 0 aliphatic carbocycles. The Kier molecular flexibility index (Phi) is 8.35. The average Bonchev–Trinajstić information content (AvgIpc) is 3.01. The van der Waals surface area contributed by atoms with Crippen molar-refractivity contribution in [2.75, 3.05) is 0 Å². The SMILES string of the molecule is C=CN(Cc1cc(C(C)=N)cs1)C(=C/C=C\CCC)/C(C)=C\C. The third kappa shape index (κ3) is 6.03. The van der Waals surface area contributed by atoms with Gasteiger partial charge in [-0.2, -0.15) is 0 Å². The van der Waals surface area contributed by atoms with Crippen molar-refractivity contribution in [1.82, 2.24) is 4.90 Å². The standard InChI is InChI=1S/C20H28N2S/c1-6-9-10-11-12-20(16(4)7-2)22(8-3)14-19-13-18(15-23-19)17(5)21/h7-8,10-13,15,21H,3,6,9,14H2,1-2,4-5H3/b11-10-,16-7-,20-12+,21-17?. The Morgan fingerprint density at radius 2 is 2.13 bits per heavy atom. The maximum Gasteiger partial charge on any atom is 0.0569 e. The smallest absolute Gasteiger partial charge is 0.0569 e. The summed E-state index contributed by atoms with van der Waals surface area (Å²) in [5.41, 5.74) is 4.01. The number of nitrogens with one attached hydrogen (secondary N) is 1. The summed E-state index contributed by atoms with van der Waals surface area (Å²) in [5.74, 6) is 0. The molecule has 3 heteroatoms. The van der Waals surface area contributed by atoms with Crippen LogP contribution in [-0.4, -0.2) is 10.6 Å². The van der Waals surface area contributed by atoms with Gasteiger partial charge in [0.2, 0.25) is 0 Å². The number of nitrogens with zero attached hydrogens (tertiary/aromatic N) is 1. The van der Waals surface area contributed by atoms with Gasteiger partial charge in [-0.3, -0.25) is 0 Å². The van der Waals surface area contributed by atoms with Crippen LogP contribution in [0.1, 0.15) is 51.0 Å². The minimum absolute atomic E-state index is 0.612. The summed E-state index contributed by atoms with van der Waals surface area (Å²) in [6.45, 7) is 12.9. The van der Waals surface area contributed by atoms with E-state index in [-0.39, 0.29) is 0 Å². The Morgan fingerprint density at radius 3 is 2.65 bits per heavy atom. The second-order valence-corrected chi connectivity index (χ2v) is 6.47. The fourth-order valence-electron chi connectivity index (χ4n) is 2.10. The molecule has 124 valence electrons. The molecule has 0 radical (unpaired) electrons.